The average Bonchev–Trinajstić information content (AvgIpc) is 2.59. The van der Waals surface area contributed by atoms with Gasteiger partial charge in [-0.3, -0.25) is 4.79 Å². The van der Waals surface area contributed by atoms with Crippen LogP contribution in [0.1, 0.15) is 37.9 Å². The molecular formula is C18H25NO3. The summed E-state index contributed by atoms with van der Waals surface area (Å²) in [6, 6.07) is 9.88. The normalized spacial score (nSPS) is 20.4. The van der Waals surface area contributed by atoms with Gasteiger partial charge in [0.25, 0.3) is 0 Å². The molecule has 0 heterocycles. The molecule has 1 amide bonds. The van der Waals surface area contributed by atoms with Crippen LogP contribution < -0.4 is 5.32 Å². The molecular weight excluding hydrogens is 278 g/mol. The molecule has 3 atom stereocenters. The first kappa shape index (κ1) is 16.7. The van der Waals surface area contributed by atoms with Crippen molar-refractivity contribution in [3.8, 4) is 0 Å². The molecule has 1 aromatic rings. The number of aliphatic hydroxyl groups is 1. The van der Waals surface area contributed by atoms with E-state index in [2.05, 4.69) is 17.5 Å². The second-order valence-corrected chi connectivity index (χ2v) is 5.77. The van der Waals surface area contributed by atoms with E-state index in [1.165, 1.54) is 0 Å². The molecule has 22 heavy (non-hydrogen) atoms. The monoisotopic (exact) mass is 303 g/mol. The molecule has 0 spiro atoms. The third-order valence-electron chi connectivity index (χ3n) is 3.96. The fourth-order valence-corrected chi connectivity index (χ4v) is 2.53. The number of hydrogen-bond donors (Lipinski definition) is 2. The van der Waals surface area contributed by atoms with E-state index in [9.17, 15) is 9.90 Å². The van der Waals surface area contributed by atoms with Crippen LogP contribution in [0, 0.1) is 5.92 Å². The maximum atomic E-state index is 12.0. The molecule has 2 N–H and O–H groups in total. The van der Waals surface area contributed by atoms with Gasteiger partial charge < -0.3 is 15.2 Å². The molecule has 0 aromatic heterocycles. The Morgan fingerprint density at radius 3 is 2.82 bits per heavy atom. The number of carbonyl (C=O) groups excluding carboxylic acids is 1. The lowest BCUT2D eigenvalue weighted by molar-refractivity contribution is -0.126. The van der Waals surface area contributed by atoms with Gasteiger partial charge in [-0.05, 0) is 31.7 Å². The van der Waals surface area contributed by atoms with Crippen molar-refractivity contribution in [2.24, 2.45) is 5.92 Å². The predicted octanol–water partition coefficient (Wildman–Crippen LogP) is 2.60. The van der Waals surface area contributed by atoms with Crippen LogP contribution in [0.5, 0.6) is 0 Å². The zero-order valence-corrected chi connectivity index (χ0v) is 13.1. The van der Waals surface area contributed by atoms with Crippen LogP contribution in [-0.2, 0) is 9.53 Å². The van der Waals surface area contributed by atoms with E-state index in [1.54, 1.807) is 0 Å². The Bertz CT molecular complexity index is 486. The number of carbonyl (C=O) groups is 1. The number of nitrogens with one attached hydrogen (secondary N) is 1. The molecule has 120 valence electrons. The van der Waals surface area contributed by atoms with Gasteiger partial charge in [0.1, 0.15) is 0 Å². The largest absolute Gasteiger partial charge is 0.389 e. The number of ether oxygens (including phenoxy) is 1. The zero-order valence-electron chi connectivity index (χ0n) is 13.1. The second-order valence-electron chi connectivity index (χ2n) is 5.77. The summed E-state index contributed by atoms with van der Waals surface area (Å²) < 4.78 is 5.66. The molecule has 0 saturated heterocycles. The maximum Gasteiger partial charge on any atom is 0.223 e. The zero-order chi connectivity index (χ0) is 15.8. The van der Waals surface area contributed by atoms with Gasteiger partial charge in [0, 0.05) is 12.5 Å². The third kappa shape index (κ3) is 5.28. The van der Waals surface area contributed by atoms with E-state index in [1.807, 2.05) is 37.3 Å². The summed E-state index contributed by atoms with van der Waals surface area (Å²) in [5.41, 5.74) is 1.08. The topological polar surface area (TPSA) is 58.6 Å². The van der Waals surface area contributed by atoms with Gasteiger partial charge in [-0.1, -0.05) is 42.5 Å². The quantitative estimate of drug-likeness (QED) is 0.761. The van der Waals surface area contributed by atoms with Gasteiger partial charge in [0.05, 0.1) is 18.8 Å². The molecule has 0 aliphatic heterocycles. The van der Waals surface area contributed by atoms with E-state index in [-0.39, 0.29) is 31.1 Å². The average molecular weight is 303 g/mol. The fraction of sp³-hybridized carbons (Fsp3) is 0.500. The number of hydrogen-bond acceptors (Lipinski definition) is 3. The SMILES string of the molecule is CC(OCC(O)CNC(=O)C1CC=CCC1)c1ccccc1. The first-order chi connectivity index (χ1) is 10.7. The number of benzene rings is 1. The van der Waals surface area contributed by atoms with Crippen molar-refractivity contribution in [1.82, 2.24) is 5.32 Å². The molecule has 0 fully saturated rings. The van der Waals surface area contributed by atoms with Gasteiger partial charge in [-0.15, -0.1) is 0 Å². The third-order valence-corrected chi connectivity index (χ3v) is 3.96. The van der Waals surface area contributed by atoms with E-state index in [0.29, 0.717) is 0 Å². The highest BCUT2D eigenvalue weighted by Crippen LogP contribution is 2.18. The second kappa shape index (κ2) is 8.71. The summed E-state index contributed by atoms with van der Waals surface area (Å²) >= 11 is 0. The number of aliphatic hydroxyl groups excluding tert-OH is 1. The smallest absolute Gasteiger partial charge is 0.223 e. The van der Waals surface area contributed by atoms with Crippen LogP contribution in [0.15, 0.2) is 42.5 Å². The molecule has 3 unspecified atom stereocenters. The highest BCUT2D eigenvalue weighted by Gasteiger charge is 2.19. The Morgan fingerprint density at radius 2 is 2.14 bits per heavy atom. The Balaban J connectivity index is 1.66. The minimum absolute atomic E-state index is 0.0273. The van der Waals surface area contributed by atoms with Crippen LogP contribution >= 0.6 is 0 Å². The lowest BCUT2D eigenvalue weighted by Gasteiger charge is -2.20. The molecule has 2 rings (SSSR count). The number of allylic oxidation sites excluding steroid dienone is 2. The van der Waals surface area contributed by atoms with Crippen LogP contribution in [0.4, 0.5) is 0 Å². The van der Waals surface area contributed by atoms with E-state index < -0.39 is 6.10 Å². The fourth-order valence-electron chi connectivity index (χ4n) is 2.53. The first-order valence-electron chi connectivity index (χ1n) is 7.94. The molecule has 4 nitrogen and oxygen atoms in total. The summed E-state index contributed by atoms with van der Waals surface area (Å²) in [5, 5.41) is 12.8. The lowest BCUT2D eigenvalue weighted by Crippen LogP contribution is -2.38. The molecule has 0 radical (unpaired) electrons. The van der Waals surface area contributed by atoms with Crippen molar-refractivity contribution in [3.05, 3.63) is 48.0 Å². The van der Waals surface area contributed by atoms with E-state index in [0.717, 1.165) is 24.8 Å². The van der Waals surface area contributed by atoms with Crippen molar-refractivity contribution in [2.45, 2.75) is 38.4 Å². The van der Waals surface area contributed by atoms with Crippen molar-refractivity contribution < 1.29 is 14.6 Å². The van der Waals surface area contributed by atoms with Crippen molar-refractivity contribution in [2.75, 3.05) is 13.2 Å². The van der Waals surface area contributed by atoms with Gasteiger partial charge in [-0.25, -0.2) is 0 Å². The summed E-state index contributed by atoms with van der Waals surface area (Å²) in [6.07, 6.45) is 6.04. The van der Waals surface area contributed by atoms with Gasteiger partial charge in [-0.2, -0.15) is 0 Å². The Kier molecular flexibility index (Phi) is 6.62. The van der Waals surface area contributed by atoms with E-state index in [4.69, 9.17) is 4.74 Å². The predicted molar refractivity (Wildman–Crippen MR) is 86.3 cm³/mol. The maximum absolute atomic E-state index is 12.0. The van der Waals surface area contributed by atoms with Crippen LogP contribution in [0.25, 0.3) is 0 Å². The summed E-state index contributed by atoms with van der Waals surface area (Å²) in [7, 11) is 0. The molecule has 1 aliphatic rings. The summed E-state index contributed by atoms with van der Waals surface area (Å²) in [4.78, 5) is 12.0. The van der Waals surface area contributed by atoms with Gasteiger partial charge >= 0.3 is 0 Å². The minimum Gasteiger partial charge on any atom is -0.389 e. The standard InChI is InChI=1S/C18H25NO3/c1-14(15-8-4-2-5-9-15)22-13-17(20)12-19-18(21)16-10-6-3-7-11-16/h2-6,8-9,14,16-17,20H,7,10-13H2,1H3,(H,19,21). The van der Waals surface area contributed by atoms with Crippen LogP contribution in [-0.4, -0.2) is 30.3 Å². The summed E-state index contributed by atoms with van der Waals surface area (Å²) in [5.74, 6) is 0.0702. The Morgan fingerprint density at radius 1 is 1.36 bits per heavy atom. The first-order valence-corrected chi connectivity index (χ1v) is 7.94. The van der Waals surface area contributed by atoms with Crippen LogP contribution in [0.3, 0.4) is 0 Å². The lowest BCUT2D eigenvalue weighted by atomic mass is 9.94. The molecule has 4 heteroatoms. The van der Waals surface area contributed by atoms with Gasteiger partial charge in [0.2, 0.25) is 5.91 Å². The number of rotatable bonds is 7. The number of amides is 1. The van der Waals surface area contributed by atoms with Crippen molar-refractivity contribution in [3.63, 3.8) is 0 Å². The molecule has 1 aliphatic carbocycles. The molecule has 0 bridgehead atoms. The molecule has 0 saturated carbocycles. The van der Waals surface area contributed by atoms with Crippen molar-refractivity contribution in [1.29, 1.82) is 0 Å². The summed E-state index contributed by atoms with van der Waals surface area (Å²) in [6.45, 7) is 2.40. The minimum atomic E-state index is -0.686. The van der Waals surface area contributed by atoms with E-state index >= 15 is 0 Å². The van der Waals surface area contributed by atoms with Crippen LogP contribution in [0.2, 0.25) is 0 Å². The highest BCUT2D eigenvalue weighted by molar-refractivity contribution is 5.78. The Labute approximate surface area is 132 Å². The van der Waals surface area contributed by atoms with Gasteiger partial charge in [0.15, 0.2) is 0 Å². The van der Waals surface area contributed by atoms with Crippen molar-refractivity contribution >= 4 is 5.91 Å². The Hall–Kier alpha value is -1.65. The molecule has 1 aromatic carbocycles. The highest BCUT2D eigenvalue weighted by atomic mass is 16.5.